The summed E-state index contributed by atoms with van der Waals surface area (Å²) >= 11 is 0. The molecule has 2 heterocycles. The van der Waals surface area contributed by atoms with E-state index in [0.29, 0.717) is 11.3 Å². The fourth-order valence-corrected chi connectivity index (χ4v) is 3.87. The molecule has 27 heavy (non-hydrogen) atoms. The lowest BCUT2D eigenvalue weighted by Crippen LogP contribution is -2.19. The summed E-state index contributed by atoms with van der Waals surface area (Å²) in [4.78, 5) is 28.5. The topological polar surface area (TPSA) is 94.8 Å². The molecule has 140 valence electrons. The van der Waals surface area contributed by atoms with Crippen LogP contribution in [0.5, 0.6) is 0 Å². The Morgan fingerprint density at radius 3 is 2.59 bits per heavy atom. The number of hydrogen-bond donors (Lipinski definition) is 0. The monoisotopic (exact) mass is 386 g/mol. The highest BCUT2D eigenvalue weighted by Gasteiger charge is 2.17. The maximum atomic E-state index is 12.2. The van der Waals surface area contributed by atoms with E-state index >= 15 is 0 Å². The molecule has 0 saturated heterocycles. The quantitative estimate of drug-likeness (QED) is 0.601. The molecule has 3 aromatic rings. The molecule has 0 atom stereocenters. The van der Waals surface area contributed by atoms with E-state index in [9.17, 15) is 18.0 Å². The van der Waals surface area contributed by atoms with E-state index in [1.54, 1.807) is 43.3 Å². The first-order chi connectivity index (χ1) is 12.9. The molecule has 0 saturated carbocycles. The highest BCUT2D eigenvalue weighted by atomic mass is 32.2. The van der Waals surface area contributed by atoms with Gasteiger partial charge in [0.25, 0.3) is 5.56 Å². The van der Waals surface area contributed by atoms with Crippen molar-refractivity contribution in [3.63, 3.8) is 0 Å². The zero-order valence-corrected chi connectivity index (χ0v) is 15.5. The minimum absolute atomic E-state index is 0.164. The van der Waals surface area contributed by atoms with Crippen LogP contribution < -0.4 is 5.56 Å². The van der Waals surface area contributed by atoms with E-state index in [4.69, 9.17) is 4.74 Å². The number of nitrogens with zero attached hydrogens (tertiary/aromatic N) is 2. The Bertz CT molecular complexity index is 1140. The lowest BCUT2D eigenvalue weighted by atomic mass is 10.3. The maximum absolute atomic E-state index is 12.2. The number of pyridine rings is 1. The first kappa shape index (κ1) is 18.8. The van der Waals surface area contributed by atoms with Gasteiger partial charge in [-0.1, -0.05) is 24.3 Å². The number of sulfone groups is 1. The molecule has 0 amide bonds. The van der Waals surface area contributed by atoms with E-state index in [1.165, 1.54) is 22.6 Å². The molecule has 0 spiro atoms. The molecule has 2 aromatic heterocycles. The molecule has 0 aliphatic heterocycles. The largest absolute Gasteiger partial charge is 0.459 e. The highest BCUT2D eigenvalue weighted by Crippen LogP contribution is 2.12. The third kappa shape index (κ3) is 4.40. The van der Waals surface area contributed by atoms with Crippen molar-refractivity contribution in [2.45, 2.75) is 24.8 Å². The Labute approximate surface area is 156 Å². The predicted molar refractivity (Wildman–Crippen MR) is 99.1 cm³/mol. The number of carbonyl (C=O) groups excluding carboxylic acids is 1. The third-order valence-corrected chi connectivity index (χ3v) is 5.72. The van der Waals surface area contributed by atoms with Crippen molar-refractivity contribution in [2.24, 2.45) is 0 Å². The molecular formula is C19H18N2O5S. The number of esters is 1. The molecule has 0 fully saturated rings. The van der Waals surface area contributed by atoms with Crippen molar-refractivity contribution >= 4 is 21.5 Å². The summed E-state index contributed by atoms with van der Waals surface area (Å²) in [6.07, 6.45) is -0.275. The first-order valence-electron chi connectivity index (χ1n) is 8.28. The fraction of sp³-hybridized carbons (Fsp3) is 0.211. The van der Waals surface area contributed by atoms with Gasteiger partial charge in [-0.3, -0.25) is 14.0 Å². The van der Waals surface area contributed by atoms with Crippen LogP contribution in [-0.4, -0.2) is 29.5 Å². The van der Waals surface area contributed by atoms with E-state index in [1.807, 2.05) is 0 Å². The van der Waals surface area contributed by atoms with Gasteiger partial charge >= 0.3 is 5.97 Å². The van der Waals surface area contributed by atoms with Gasteiger partial charge in [-0.15, -0.1) is 0 Å². The van der Waals surface area contributed by atoms with Crippen LogP contribution in [0, 0.1) is 6.92 Å². The summed E-state index contributed by atoms with van der Waals surface area (Å²) in [5, 5.41) is 0. The average Bonchev–Trinajstić information content (AvgIpc) is 2.65. The Kier molecular flexibility index (Phi) is 5.36. The molecular weight excluding hydrogens is 368 g/mol. The molecule has 0 aliphatic carbocycles. The SMILES string of the molecule is Cc1cccc2nc(COC(=O)CCS(=O)(=O)c3ccccc3)cc(=O)n12. The van der Waals surface area contributed by atoms with Gasteiger partial charge in [-0.25, -0.2) is 13.4 Å². The summed E-state index contributed by atoms with van der Waals surface area (Å²) < 4.78 is 30.9. The van der Waals surface area contributed by atoms with Gasteiger partial charge in [0, 0.05) is 11.8 Å². The lowest BCUT2D eigenvalue weighted by Gasteiger charge is -2.08. The van der Waals surface area contributed by atoms with Gasteiger partial charge < -0.3 is 4.74 Å². The van der Waals surface area contributed by atoms with Crippen LogP contribution in [0.25, 0.3) is 5.65 Å². The highest BCUT2D eigenvalue weighted by molar-refractivity contribution is 7.91. The zero-order chi connectivity index (χ0) is 19.4. The van der Waals surface area contributed by atoms with Crippen molar-refractivity contribution in [2.75, 3.05) is 5.75 Å². The summed E-state index contributed by atoms with van der Waals surface area (Å²) in [7, 11) is -3.55. The number of ether oxygens (including phenoxy) is 1. The van der Waals surface area contributed by atoms with Gasteiger partial charge in [-0.05, 0) is 31.2 Å². The molecule has 8 heteroatoms. The number of aromatic nitrogens is 2. The number of carbonyl (C=O) groups is 1. The third-order valence-electron chi connectivity index (χ3n) is 3.99. The molecule has 0 N–H and O–H groups in total. The zero-order valence-electron chi connectivity index (χ0n) is 14.7. The minimum Gasteiger partial charge on any atom is -0.459 e. The van der Waals surface area contributed by atoms with Crippen LogP contribution in [0.3, 0.4) is 0 Å². The molecule has 0 unspecified atom stereocenters. The first-order valence-corrected chi connectivity index (χ1v) is 9.94. The number of hydrogen-bond acceptors (Lipinski definition) is 6. The molecule has 0 bridgehead atoms. The van der Waals surface area contributed by atoms with E-state index in [2.05, 4.69) is 4.98 Å². The lowest BCUT2D eigenvalue weighted by molar-refractivity contribution is -0.144. The van der Waals surface area contributed by atoms with Crippen molar-refractivity contribution in [1.82, 2.24) is 9.38 Å². The second kappa shape index (κ2) is 7.71. The Hall–Kier alpha value is -3.00. The van der Waals surface area contributed by atoms with Crippen LogP contribution in [-0.2, 0) is 26.0 Å². The molecule has 0 radical (unpaired) electrons. The van der Waals surface area contributed by atoms with Crippen LogP contribution in [0.15, 0.2) is 64.3 Å². The van der Waals surface area contributed by atoms with Gasteiger partial charge in [-0.2, -0.15) is 0 Å². The van der Waals surface area contributed by atoms with Crippen LogP contribution >= 0.6 is 0 Å². The molecule has 3 rings (SSSR count). The fourth-order valence-electron chi connectivity index (χ4n) is 2.63. The van der Waals surface area contributed by atoms with Gasteiger partial charge in [0.2, 0.25) is 0 Å². The average molecular weight is 386 g/mol. The summed E-state index contributed by atoms with van der Waals surface area (Å²) in [6.45, 7) is 1.60. The van der Waals surface area contributed by atoms with Crippen LogP contribution in [0.2, 0.25) is 0 Å². The van der Waals surface area contributed by atoms with Crippen LogP contribution in [0.1, 0.15) is 17.8 Å². The molecule has 1 aromatic carbocycles. The Balaban J connectivity index is 1.63. The van der Waals surface area contributed by atoms with Crippen molar-refractivity contribution < 1.29 is 17.9 Å². The number of aryl methyl sites for hydroxylation is 1. The normalized spacial score (nSPS) is 11.4. The Morgan fingerprint density at radius 2 is 1.85 bits per heavy atom. The van der Waals surface area contributed by atoms with Crippen molar-refractivity contribution in [1.29, 1.82) is 0 Å². The van der Waals surface area contributed by atoms with Gasteiger partial charge in [0.15, 0.2) is 9.84 Å². The number of fused-ring (bicyclic) bond motifs is 1. The van der Waals surface area contributed by atoms with Gasteiger partial charge in [0.1, 0.15) is 12.3 Å². The van der Waals surface area contributed by atoms with Crippen molar-refractivity contribution in [3.8, 4) is 0 Å². The van der Waals surface area contributed by atoms with E-state index in [0.717, 1.165) is 5.69 Å². The number of rotatable bonds is 6. The van der Waals surface area contributed by atoms with Crippen molar-refractivity contribution in [3.05, 3.63) is 76.3 Å². The standard InChI is InChI=1S/C19H18N2O5S/c1-14-6-5-9-17-20-15(12-18(22)21(14)17)13-26-19(23)10-11-27(24,25)16-7-3-2-4-8-16/h2-9,12H,10-11,13H2,1H3. The smallest absolute Gasteiger partial charge is 0.307 e. The van der Waals surface area contributed by atoms with Crippen LogP contribution in [0.4, 0.5) is 0 Å². The summed E-state index contributed by atoms with van der Waals surface area (Å²) in [5.74, 6) is -1.01. The molecule has 7 nitrogen and oxygen atoms in total. The molecule has 0 aliphatic rings. The minimum atomic E-state index is -3.55. The van der Waals surface area contributed by atoms with E-state index < -0.39 is 15.8 Å². The van der Waals surface area contributed by atoms with E-state index in [-0.39, 0.29) is 29.2 Å². The number of benzene rings is 1. The second-order valence-electron chi connectivity index (χ2n) is 5.99. The van der Waals surface area contributed by atoms with Gasteiger partial charge in [0.05, 0.1) is 22.8 Å². The Morgan fingerprint density at radius 1 is 1.11 bits per heavy atom. The summed E-state index contributed by atoms with van der Waals surface area (Å²) in [5.41, 5.74) is 1.25. The maximum Gasteiger partial charge on any atom is 0.307 e. The predicted octanol–water partition coefficient (Wildman–Crippen LogP) is 1.91. The second-order valence-corrected chi connectivity index (χ2v) is 8.10. The summed E-state index contributed by atoms with van der Waals surface area (Å²) in [6, 6.07) is 14.5.